The van der Waals surface area contributed by atoms with Crippen LogP contribution in [0, 0.1) is 5.41 Å². The van der Waals surface area contributed by atoms with E-state index in [1.54, 1.807) is 11.3 Å². The van der Waals surface area contributed by atoms with Gasteiger partial charge in [0, 0.05) is 11.4 Å². The molecule has 1 amide bonds. The van der Waals surface area contributed by atoms with Gasteiger partial charge in [0.05, 0.1) is 16.9 Å². The number of nitrogens with one attached hydrogen (secondary N) is 1. The Morgan fingerprint density at radius 3 is 2.85 bits per heavy atom. The highest BCUT2D eigenvalue weighted by Gasteiger charge is 2.38. The lowest BCUT2D eigenvalue weighted by Crippen LogP contribution is -2.56. The molecular formula is C15H23ClN2OS. The predicted octanol–water partition coefficient (Wildman–Crippen LogP) is 3.53. The van der Waals surface area contributed by atoms with Crippen LogP contribution in [0.3, 0.4) is 0 Å². The maximum absolute atomic E-state index is 12.8. The Bertz CT molecular complexity index is 472. The third kappa shape index (κ3) is 3.54. The van der Waals surface area contributed by atoms with Crippen molar-refractivity contribution in [2.24, 2.45) is 5.41 Å². The second-order valence-electron chi connectivity index (χ2n) is 6.04. The van der Waals surface area contributed by atoms with Crippen molar-refractivity contribution in [3.63, 3.8) is 0 Å². The Hall–Kier alpha value is -0.580. The first-order valence-corrected chi connectivity index (χ1v) is 8.40. The van der Waals surface area contributed by atoms with Crippen LogP contribution < -0.4 is 5.32 Å². The van der Waals surface area contributed by atoms with Crippen molar-refractivity contribution in [2.75, 3.05) is 13.1 Å². The van der Waals surface area contributed by atoms with E-state index in [1.807, 2.05) is 24.0 Å². The molecule has 1 aromatic rings. The van der Waals surface area contributed by atoms with Gasteiger partial charge < -0.3 is 10.2 Å². The minimum Gasteiger partial charge on any atom is -0.336 e. The lowest BCUT2D eigenvalue weighted by Gasteiger charge is -2.40. The number of rotatable bonds is 4. The van der Waals surface area contributed by atoms with Gasteiger partial charge in [0.25, 0.3) is 0 Å². The molecule has 0 spiro atoms. The smallest absolute Gasteiger partial charge is 0.240 e. The average molecular weight is 315 g/mol. The van der Waals surface area contributed by atoms with Crippen molar-refractivity contribution < 1.29 is 4.79 Å². The normalized spacial score (nSPS) is 21.7. The Kier molecular flexibility index (Phi) is 5.10. The van der Waals surface area contributed by atoms with E-state index in [9.17, 15) is 4.79 Å². The maximum Gasteiger partial charge on any atom is 0.240 e. The van der Waals surface area contributed by atoms with Gasteiger partial charge in [-0.05, 0) is 43.9 Å². The number of likely N-dealkylation sites (N-methyl/N-ethyl adjacent to an activating group) is 1. The van der Waals surface area contributed by atoms with Crippen LogP contribution in [-0.4, -0.2) is 29.9 Å². The Labute approximate surface area is 130 Å². The van der Waals surface area contributed by atoms with Crippen LogP contribution in [0.4, 0.5) is 0 Å². The van der Waals surface area contributed by atoms with Crippen LogP contribution in [0.5, 0.6) is 0 Å². The molecule has 2 heterocycles. The molecule has 1 fully saturated rings. The van der Waals surface area contributed by atoms with Gasteiger partial charge in [-0.25, -0.2) is 0 Å². The summed E-state index contributed by atoms with van der Waals surface area (Å²) in [6.07, 6.45) is 2.24. The molecule has 0 saturated carbocycles. The van der Waals surface area contributed by atoms with Crippen LogP contribution >= 0.6 is 22.9 Å². The van der Waals surface area contributed by atoms with Gasteiger partial charge in [-0.15, -0.1) is 11.3 Å². The van der Waals surface area contributed by atoms with E-state index in [2.05, 4.69) is 19.2 Å². The summed E-state index contributed by atoms with van der Waals surface area (Å²) in [6, 6.07) is 3.82. The summed E-state index contributed by atoms with van der Waals surface area (Å²) in [6.45, 7) is 8.70. The lowest BCUT2D eigenvalue weighted by atomic mass is 9.77. The average Bonchev–Trinajstić information content (AvgIpc) is 2.80. The molecule has 1 aromatic heterocycles. The number of nitrogens with zero attached hydrogens (tertiary/aromatic N) is 1. The zero-order valence-electron chi connectivity index (χ0n) is 12.4. The van der Waals surface area contributed by atoms with Gasteiger partial charge in [0.1, 0.15) is 0 Å². The third-order valence-electron chi connectivity index (χ3n) is 4.04. The van der Waals surface area contributed by atoms with Crippen molar-refractivity contribution in [1.82, 2.24) is 10.2 Å². The molecule has 0 aliphatic carbocycles. The van der Waals surface area contributed by atoms with E-state index >= 15 is 0 Å². The molecule has 1 saturated heterocycles. The van der Waals surface area contributed by atoms with Crippen LogP contribution in [0.2, 0.25) is 4.34 Å². The quantitative estimate of drug-likeness (QED) is 0.922. The molecule has 1 atom stereocenters. The first-order chi connectivity index (χ1) is 9.44. The van der Waals surface area contributed by atoms with Crippen molar-refractivity contribution in [2.45, 2.75) is 46.2 Å². The molecule has 1 aliphatic heterocycles. The Balaban J connectivity index is 2.08. The second kappa shape index (κ2) is 6.46. The minimum absolute atomic E-state index is 0.0237. The lowest BCUT2D eigenvalue weighted by molar-refractivity contribution is -0.137. The minimum atomic E-state index is -0.0772. The van der Waals surface area contributed by atoms with Crippen molar-refractivity contribution in [3.05, 3.63) is 21.3 Å². The summed E-state index contributed by atoms with van der Waals surface area (Å²) in [5.74, 6) is 0.210. The number of hydrogen-bond acceptors (Lipinski definition) is 3. The molecule has 1 N–H and O–H groups in total. The third-order valence-corrected chi connectivity index (χ3v) is 5.26. The molecule has 20 heavy (non-hydrogen) atoms. The van der Waals surface area contributed by atoms with Crippen molar-refractivity contribution in [3.8, 4) is 0 Å². The number of thiophene rings is 1. The van der Waals surface area contributed by atoms with Gasteiger partial charge in [-0.2, -0.15) is 0 Å². The molecule has 112 valence electrons. The standard InChI is InChI=1S/C15H23ClN2OS/c1-4-18(10-11-6-7-12(16)20-11)14(19)13-15(2,3)8-5-9-17-13/h6-7,13,17H,4-5,8-10H2,1-3H3. The topological polar surface area (TPSA) is 32.3 Å². The fourth-order valence-electron chi connectivity index (χ4n) is 2.79. The first-order valence-electron chi connectivity index (χ1n) is 7.20. The zero-order valence-corrected chi connectivity index (χ0v) is 14.0. The summed E-state index contributed by atoms with van der Waals surface area (Å²) < 4.78 is 0.777. The van der Waals surface area contributed by atoms with Crippen LogP contribution in [-0.2, 0) is 11.3 Å². The highest BCUT2D eigenvalue weighted by molar-refractivity contribution is 7.16. The van der Waals surface area contributed by atoms with E-state index in [4.69, 9.17) is 11.6 Å². The highest BCUT2D eigenvalue weighted by atomic mass is 35.5. The number of hydrogen-bond donors (Lipinski definition) is 1. The molecule has 0 radical (unpaired) electrons. The molecule has 1 aliphatic rings. The van der Waals surface area contributed by atoms with Crippen LogP contribution in [0.1, 0.15) is 38.5 Å². The summed E-state index contributed by atoms with van der Waals surface area (Å²) in [5, 5.41) is 3.40. The van der Waals surface area contributed by atoms with Crippen LogP contribution in [0.15, 0.2) is 12.1 Å². The highest BCUT2D eigenvalue weighted by Crippen LogP contribution is 2.31. The zero-order chi connectivity index (χ0) is 14.8. The molecule has 3 nitrogen and oxygen atoms in total. The number of carbonyl (C=O) groups excluding carboxylic acids is 1. The fourth-order valence-corrected chi connectivity index (χ4v) is 3.89. The summed E-state index contributed by atoms with van der Waals surface area (Å²) in [5.41, 5.74) is 0.0237. The summed E-state index contributed by atoms with van der Waals surface area (Å²) in [7, 11) is 0. The molecule has 1 unspecified atom stereocenters. The molecule has 5 heteroatoms. The van der Waals surface area contributed by atoms with Crippen molar-refractivity contribution >= 4 is 28.8 Å². The monoisotopic (exact) mass is 314 g/mol. The molecule has 2 rings (SSSR count). The number of piperidine rings is 1. The second-order valence-corrected chi connectivity index (χ2v) is 7.84. The maximum atomic E-state index is 12.8. The summed E-state index contributed by atoms with van der Waals surface area (Å²) >= 11 is 7.51. The Morgan fingerprint density at radius 1 is 1.55 bits per heavy atom. The first kappa shape index (κ1) is 15.8. The largest absolute Gasteiger partial charge is 0.336 e. The number of carbonyl (C=O) groups is 1. The van der Waals surface area contributed by atoms with E-state index in [-0.39, 0.29) is 17.4 Å². The van der Waals surface area contributed by atoms with Gasteiger partial charge in [0.2, 0.25) is 5.91 Å². The Morgan fingerprint density at radius 2 is 2.30 bits per heavy atom. The number of halogens is 1. The number of amides is 1. The van der Waals surface area contributed by atoms with Gasteiger partial charge in [0.15, 0.2) is 0 Å². The van der Waals surface area contributed by atoms with E-state index < -0.39 is 0 Å². The molecule has 0 bridgehead atoms. The van der Waals surface area contributed by atoms with Gasteiger partial charge in [-0.1, -0.05) is 25.4 Å². The van der Waals surface area contributed by atoms with E-state index in [0.717, 1.165) is 35.1 Å². The SMILES string of the molecule is CCN(Cc1ccc(Cl)s1)C(=O)C1NCCCC1(C)C. The van der Waals surface area contributed by atoms with E-state index in [0.29, 0.717) is 6.54 Å². The predicted molar refractivity (Wildman–Crippen MR) is 85.2 cm³/mol. The van der Waals surface area contributed by atoms with E-state index in [1.165, 1.54) is 0 Å². The fraction of sp³-hybridized carbons (Fsp3) is 0.667. The molecule has 0 aromatic carbocycles. The van der Waals surface area contributed by atoms with Gasteiger partial charge in [-0.3, -0.25) is 4.79 Å². The van der Waals surface area contributed by atoms with Crippen molar-refractivity contribution in [1.29, 1.82) is 0 Å². The molecular weight excluding hydrogens is 292 g/mol. The summed E-state index contributed by atoms with van der Waals surface area (Å²) in [4.78, 5) is 15.9. The van der Waals surface area contributed by atoms with Gasteiger partial charge >= 0.3 is 0 Å². The van der Waals surface area contributed by atoms with Crippen LogP contribution in [0.25, 0.3) is 0 Å².